The molecule has 0 bridgehead atoms. The van der Waals surface area contributed by atoms with E-state index in [1.807, 2.05) is 25.7 Å². The van der Waals surface area contributed by atoms with Gasteiger partial charge in [-0.1, -0.05) is 12.1 Å². The molecular weight excluding hydrogens is 362 g/mol. The van der Waals surface area contributed by atoms with Crippen molar-refractivity contribution < 1.29 is 9.53 Å². The normalized spacial score (nSPS) is 22.1. The van der Waals surface area contributed by atoms with Gasteiger partial charge < -0.3 is 14.5 Å². The number of carbonyl (C=O) groups is 1. The van der Waals surface area contributed by atoms with Crippen molar-refractivity contribution in [2.75, 3.05) is 38.1 Å². The zero-order valence-corrected chi connectivity index (χ0v) is 18.7. The predicted octanol–water partition coefficient (Wildman–Crippen LogP) is 4.43. The summed E-state index contributed by atoms with van der Waals surface area (Å²) in [4.78, 5) is 19.4. The van der Waals surface area contributed by atoms with Gasteiger partial charge in [0.2, 0.25) is 0 Å². The monoisotopic (exact) mass is 399 g/mol. The van der Waals surface area contributed by atoms with Gasteiger partial charge in [-0.25, -0.2) is 4.79 Å². The van der Waals surface area contributed by atoms with Gasteiger partial charge in [-0.05, 0) is 83.0 Å². The Labute approximate surface area is 176 Å². The number of amides is 1. The van der Waals surface area contributed by atoms with Crippen molar-refractivity contribution in [3.05, 3.63) is 29.3 Å². The molecule has 1 amide bonds. The molecule has 0 aromatic heterocycles. The quantitative estimate of drug-likeness (QED) is 0.737. The number of rotatable bonds is 2. The molecule has 1 aromatic carbocycles. The molecule has 29 heavy (non-hydrogen) atoms. The van der Waals surface area contributed by atoms with Crippen LogP contribution in [0, 0.1) is 0 Å². The van der Waals surface area contributed by atoms with Crippen LogP contribution in [-0.2, 0) is 17.7 Å². The SMILES string of the molecule is CN1CCCc2ccc(CN3CCCC34CCN(C(=O)OC(C)(C)C)CC4)cc21. The third-order valence-corrected chi connectivity index (χ3v) is 6.96. The summed E-state index contributed by atoms with van der Waals surface area (Å²) in [5, 5.41) is 0. The molecule has 2 saturated heterocycles. The highest BCUT2D eigenvalue weighted by molar-refractivity contribution is 5.68. The maximum atomic E-state index is 12.4. The van der Waals surface area contributed by atoms with Crippen LogP contribution in [0.2, 0.25) is 0 Å². The van der Waals surface area contributed by atoms with Gasteiger partial charge in [-0.15, -0.1) is 0 Å². The molecule has 0 aliphatic carbocycles. The Morgan fingerprint density at radius 2 is 1.83 bits per heavy atom. The predicted molar refractivity (Wildman–Crippen MR) is 117 cm³/mol. The molecule has 160 valence electrons. The Kier molecular flexibility index (Phi) is 5.54. The fraction of sp³-hybridized carbons (Fsp3) is 0.708. The lowest BCUT2D eigenvalue weighted by Crippen LogP contribution is -2.53. The first kappa shape index (κ1) is 20.5. The summed E-state index contributed by atoms with van der Waals surface area (Å²) in [6.45, 7) is 10.8. The number of fused-ring (bicyclic) bond motifs is 1. The van der Waals surface area contributed by atoms with Crippen LogP contribution in [0.25, 0.3) is 0 Å². The van der Waals surface area contributed by atoms with Crippen LogP contribution in [0.15, 0.2) is 18.2 Å². The van der Waals surface area contributed by atoms with Crippen molar-refractivity contribution in [2.45, 2.75) is 77.0 Å². The molecule has 0 radical (unpaired) electrons. The minimum Gasteiger partial charge on any atom is -0.444 e. The Bertz CT molecular complexity index is 747. The lowest BCUT2D eigenvalue weighted by Gasteiger charge is -2.45. The van der Waals surface area contributed by atoms with Gasteiger partial charge in [-0.3, -0.25) is 4.90 Å². The van der Waals surface area contributed by atoms with E-state index in [4.69, 9.17) is 4.74 Å². The number of piperidine rings is 1. The highest BCUT2D eigenvalue weighted by atomic mass is 16.6. The molecule has 2 fully saturated rings. The molecule has 3 heterocycles. The first-order chi connectivity index (χ1) is 13.8. The fourth-order valence-electron chi connectivity index (χ4n) is 5.36. The van der Waals surface area contributed by atoms with Crippen LogP contribution in [0.5, 0.6) is 0 Å². The van der Waals surface area contributed by atoms with E-state index in [9.17, 15) is 4.79 Å². The van der Waals surface area contributed by atoms with Crippen LogP contribution in [-0.4, -0.2) is 60.3 Å². The van der Waals surface area contributed by atoms with Crippen molar-refractivity contribution in [3.63, 3.8) is 0 Å². The van der Waals surface area contributed by atoms with E-state index in [2.05, 4.69) is 35.0 Å². The second-order valence-corrected chi connectivity index (χ2v) is 10.2. The minimum absolute atomic E-state index is 0.158. The summed E-state index contributed by atoms with van der Waals surface area (Å²) in [6, 6.07) is 7.09. The number of anilines is 1. The van der Waals surface area contributed by atoms with Crippen LogP contribution in [0.3, 0.4) is 0 Å². The van der Waals surface area contributed by atoms with Crippen molar-refractivity contribution >= 4 is 11.8 Å². The molecule has 0 unspecified atom stereocenters. The van der Waals surface area contributed by atoms with Crippen molar-refractivity contribution in [2.24, 2.45) is 0 Å². The average Bonchev–Trinajstić information content (AvgIpc) is 3.03. The molecule has 0 N–H and O–H groups in total. The second kappa shape index (κ2) is 7.82. The average molecular weight is 400 g/mol. The zero-order valence-electron chi connectivity index (χ0n) is 18.7. The highest BCUT2D eigenvalue weighted by Gasteiger charge is 2.44. The lowest BCUT2D eigenvalue weighted by molar-refractivity contribution is 0.00165. The van der Waals surface area contributed by atoms with Gasteiger partial charge in [-0.2, -0.15) is 0 Å². The van der Waals surface area contributed by atoms with E-state index in [1.165, 1.54) is 49.0 Å². The molecular formula is C24H37N3O2. The zero-order chi connectivity index (χ0) is 20.6. The standard InChI is InChI=1S/C24H37N3O2/c1-23(2,3)29-22(28)26-15-11-24(12-16-26)10-6-14-27(24)18-19-8-9-20-7-5-13-25(4)21(20)17-19/h8-9,17H,5-7,10-16,18H2,1-4H3. The first-order valence-corrected chi connectivity index (χ1v) is 11.3. The number of carbonyl (C=O) groups excluding carboxylic acids is 1. The summed E-state index contributed by atoms with van der Waals surface area (Å²) in [6.07, 6.45) is 6.92. The number of hydrogen-bond acceptors (Lipinski definition) is 4. The fourth-order valence-corrected chi connectivity index (χ4v) is 5.36. The van der Waals surface area contributed by atoms with Gasteiger partial charge in [0.05, 0.1) is 0 Å². The highest BCUT2D eigenvalue weighted by Crippen LogP contribution is 2.40. The van der Waals surface area contributed by atoms with Crippen LogP contribution in [0.1, 0.15) is 64.0 Å². The second-order valence-electron chi connectivity index (χ2n) is 10.2. The third kappa shape index (κ3) is 4.40. The van der Waals surface area contributed by atoms with Crippen LogP contribution < -0.4 is 4.90 Å². The van der Waals surface area contributed by atoms with E-state index in [-0.39, 0.29) is 11.6 Å². The first-order valence-electron chi connectivity index (χ1n) is 11.3. The lowest BCUT2D eigenvalue weighted by atomic mass is 9.84. The molecule has 3 aliphatic heterocycles. The minimum atomic E-state index is -0.425. The van der Waals surface area contributed by atoms with Gasteiger partial charge in [0.1, 0.15) is 5.60 Å². The van der Waals surface area contributed by atoms with Gasteiger partial charge in [0, 0.05) is 44.5 Å². The van der Waals surface area contributed by atoms with Gasteiger partial charge in [0.25, 0.3) is 0 Å². The Morgan fingerprint density at radius 1 is 1.07 bits per heavy atom. The molecule has 5 nitrogen and oxygen atoms in total. The number of nitrogens with zero attached hydrogens (tertiary/aromatic N) is 3. The van der Waals surface area contributed by atoms with E-state index >= 15 is 0 Å². The summed E-state index contributed by atoms with van der Waals surface area (Å²) in [5.41, 5.74) is 4.16. The third-order valence-electron chi connectivity index (χ3n) is 6.96. The molecule has 3 aliphatic rings. The van der Waals surface area contributed by atoms with E-state index in [0.717, 1.165) is 39.0 Å². The Hall–Kier alpha value is -1.75. The number of hydrogen-bond donors (Lipinski definition) is 0. The molecule has 5 heteroatoms. The van der Waals surface area contributed by atoms with Crippen molar-refractivity contribution in [1.82, 2.24) is 9.80 Å². The van der Waals surface area contributed by atoms with Crippen LogP contribution >= 0.6 is 0 Å². The summed E-state index contributed by atoms with van der Waals surface area (Å²) < 4.78 is 5.58. The van der Waals surface area contributed by atoms with Gasteiger partial charge >= 0.3 is 6.09 Å². The van der Waals surface area contributed by atoms with Crippen molar-refractivity contribution in [3.8, 4) is 0 Å². The number of aryl methyl sites for hydroxylation is 1. The molecule has 4 rings (SSSR count). The van der Waals surface area contributed by atoms with Crippen molar-refractivity contribution in [1.29, 1.82) is 0 Å². The smallest absolute Gasteiger partial charge is 0.410 e. The summed E-state index contributed by atoms with van der Waals surface area (Å²) in [5.74, 6) is 0. The molecule has 0 saturated carbocycles. The number of likely N-dealkylation sites (tertiary alicyclic amines) is 2. The maximum Gasteiger partial charge on any atom is 0.410 e. The van der Waals surface area contributed by atoms with E-state index in [0.29, 0.717) is 0 Å². The number of benzene rings is 1. The van der Waals surface area contributed by atoms with E-state index < -0.39 is 5.60 Å². The van der Waals surface area contributed by atoms with E-state index in [1.54, 1.807) is 0 Å². The topological polar surface area (TPSA) is 36.0 Å². The number of ether oxygens (including phenoxy) is 1. The summed E-state index contributed by atoms with van der Waals surface area (Å²) in [7, 11) is 2.21. The maximum absolute atomic E-state index is 12.4. The Balaban J connectivity index is 1.41. The molecule has 1 spiro atoms. The molecule has 0 atom stereocenters. The largest absolute Gasteiger partial charge is 0.444 e. The summed E-state index contributed by atoms with van der Waals surface area (Å²) >= 11 is 0. The molecule has 1 aromatic rings. The van der Waals surface area contributed by atoms with Crippen LogP contribution in [0.4, 0.5) is 10.5 Å². The van der Waals surface area contributed by atoms with Gasteiger partial charge in [0.15, 0.2) is 0 Å². The Morgan fingerprint density at radius 3 is 2.55 bits per heavy atom.